The van der Waals surface area contributed by atoms with E-state index in [0.29, 0.717) is 5.88 Å². The summed E-state index contributed by atoms with van der Waals surface area (Å²) in [6, 6.07) is 1.14. The second-order valence-corrected chi connectivity index (χ2v) is 4.09. The van der Waals surface area contributed by atoms with E-state index in [1.54, 1.807) is 0 Å². The number of rotatable bonds is 2. The third kappa shape index (κ3) is 1.82. The first-order valence-electron chi connectivity index (χ1n) is 4.42. The van der Waals surface area contributed by atoms with Gasteiger partial charge in [0.2, 0.25) is 11.2 Å². The molecule has 76 valence electrons. The number of hydrogen-bond acceptors (Lipinski definition) is 2. The van der Waals surface area contributed by atoms with Crippen molar-refractivity contribution in [3.8, 4) is 5.88 Å². The molecule has 0 bridgehead atoms. The van der Waals surface area contributed by atoms with Crippen molar-refractivity contribution >= 4 is 15.9 Å². The zero-order valence-corrected chi connectivity index (χ0v) is 8.93. The molecule has 0 unspecified atom stereocenters. The number of aromatic amines is 1. The van der Waals surface area contributed by atoms with Gasteiger partial charge in [-0.2, -0.15) is 4.39 Å². The van der Waals surface area contributed by atoms with Crippen molar-refractivity contribution in [2.75, 3.05) is 0 Å². The zero-order valence-electron chi connectivity index (χ0n) is 7.35. The van der Waals surface area contributed by atoms with Gasteiger partial charge in [-0.1, -0.05) is 0 Å². The van der Waals surface area contributed by atoms with Crippen LogP contribution < -0.4 is 10.2 Å². The van der Waals surface area contributed by atoms with E-state index < -0.39 is 11.2 Å². The summed E-state index contributed by atoms with van der Waals surface area (Å²) in [5.74, 6) is -0.487. The van der Waals surface area contributed by atoms with Crippen molar-refractivity contribution in [1.82, 2.24) is 4.98 Å². The Kier molecular flexibility index (Phi) is 2.58. The average Bonchev–Trinajstić information content (AvgIpc) is 2.07. The van der Waals surface area contributed by atoms with Gasteiger partial charge in [-0.3, -0.25) is 4.79 Å². The van der Waals surface area contributed by atoms with Gasteiger partial charge in [0.15, 0.2) is 5.88 Å². The van der Waals surface area contributed by atoms with Crippen LogP contribution in [0.3, 0.4) is 0 Å². The quantitative estimate of drug-likeness (QED) is 0.830. The van der Waals surface area contributed by atoms with Gasteiger partial charge in [0.05, 0.1) is 0 Å². The van der Waals surface area contributed by atoms with Crippen LogP contribution in [0, 0.1) is 5.82 Å². The van der Waals surface area contributed by atoms with Crippen LogP contribution in [0.4, 0.5) is 4.39 Å². The summed E-state index contributed by atoms with van der Waals surface area (Å²) in [4.78, 5) is 13.7. The Morgan fingerprint density at radius 2 is 2.29 bits per heavy atom. The van der Waals surface area contributed by atoms with Gasteiger partial charge >= 0.3 is 0 Å². The molecule has 1 fully saturated rings. The highest BCUT2D eigenvalue weighted by Crippen LogP contribution is 2.24. The number of hydrogen-bond donors (Lipinski definition) is 1. The van der Waals surface area contributed by atoms with Crippen LogP contribution >= 0.6 is 15.9 Å². The Bertz CT molecular complexity index is 400. The van der Waals surface area contributed by atoms with Gasteiger partial charge < -0.3 is 9.72 Å². The average molecular weight is 262 g/mol. The highest BCUT2D eigenvalue weighted by molar-refractivity contribution is 9.10. The van der Waals surface area contributed by atoms with Gasteiger partial charge in [-0.25, -0.2) is 0 Å². The van der Waals surface area contributed by atoms with Crippen molar-refractivity contribution in [2.45, 2.75) is 25.4 Å². The maximum Gasteiger partial charge on any atom is 0.222 e. The number of H-pyrrole nitrogens is 1. The molecule has 0 aliphatic heterocycles. The van der Waals surface area contributed by atoms with E-state index in [9.17, 15) is 9.18 Å². The SMILES string of the molecule is O=c1cc(OC2CCC2)[nH]c(Br)c1F. The highest BCUT2D eigenvalue weighted by atomic mass is 79.9. The third-order valence-corrected chi connectivity index (χ3v) is 2.80. The topological polar surface area (TPSA) is 42.1 Å². The van der Waals surface area contributed by atoms with Gasteiger partial charge in [-0.15, -0.1) is 0 Å². The number of aromatic nitrogens is 1. The molecular formula is C9H9BrFNO2. The van der Waals surface area contributed by atoms with E-state index in [2.05, 4.69) is 20.9 Å². The zero-order chi connectivity index (χ0) is 10.1. The number of nitrogens with one attached hydrogen (secondary N) is 1. The minimum Gasteiger partial charge on any atom is -0.476 e. The minimum absolute atomic E-state index is 0.0410. The summed E-state index contributed by atoms with van der Waals surface area (Å²) in [5.41, 5.74) is -0.662. The largest absolute Gasteiger partial charge is 0.476 e. The molecule has 1 aromatic rings. The fraction of sp³-hybridized carbons (Fsp3) is 0.444. The van der Waals surface area contributed by atoms with Crippen molar-refractivity contribution in [2.24, 2.45) is 0 Å². The standard InChI is InChI=1S/C9H9BrFNO2/c10-9-8(11)6(13)4-7(12-9)14-5-2-1-3-5/h4-5H,1-3H2,(H,12,13). The van der Waals surface area contributed by atoms with Gasteiger partial charge in [0.25, 0.3) is 0 Å². The van der Waals surface area contributed by atoms with Crippen LogP contribution in [0.25, 0.3) is 0 Å². The maximum absolute atomic E-state index is 12.9. The molecule has 0 amide bonds. The first-order chi connectivity index (χ1) is 6.66. The van der Waals surface area contributed by atoms with E-state index in [-0.39, 0.29) is 10.7 Å². The predicted octanol–water partition coefficient (Wildman–Crippen LogP) is 2.21. The van der Waals surface area contributed by atoms with Gasteiger partial charge in [0, 0.05) is 6.07 Å². The molecule has 0 atom stereocenters. The number of halogens is 2. The molecule has 1 aromatic heterocycles. The molecule has 0 spiro atoms. The third-order valence-electron chi connectivity index (χ3n) is 2.25. The molecular weight excluding hydrogens is 253 g/mol. The lowest BCUT2D eigenvalue weighted by molar-refractivity contribution is 0.114. The lowest BCUT2D eigenvalue weighted by Crippen LogP contribution is -2.25. The van der Waals surface area contributed by atoms with Crippen LogP contribution in [0.5, 0.6) is 5.88 Å². The lowest BCUT2D eigenvalue weighted by Gasteiger charge is -2.25. The maximum atomic E-state index is 12.9. The molecule has 5 heteroatoms. The Labute approximate surface area is 88.4 Å². The van der Waals surface area contributed by atoms with Gasteiger partial charge in [-0.05, 0) is 35.2 Å². The molecule has 0 aromatic carbocycles. The fourth-order valence-corrected chi connectivity index (χ4v) is 1.61. The molecule has 14 heavy (non-hydrogen) atoms. The molecule has 1 saturated carbocycles. The van der Waals surface area contributed by atoms with Crippen LogP contribution in [-0.2, 0) is 0 Å². The highest BCUT2D eigenvalue weighted by Gasteiger charge is 2.20. The van der Waals surface area contributed by atoms with Crippen LogP contribution in [-0.4, -0.2) is 11.1 Å². The molecule has 1 aliphatic rings. The summed E-state index contributed by atoms with van der Waals surface area (Å²) in [5, 5.41) is 0. The molecule has 1 aliphatic carbocycles. The van der Waals surface area contributed by atoms with Crippen molar-refractivity contribution < 1.29 is 9.13 Å². The summed E-state index contributed by atoms with van der Waals surface area (Å²) >= 11 is 2.92. The molecule has 0 radical (unpaired) electrons. The normalized spacial score (nSPS) is 16.4. The van der Waals surface area contributed by atoms with Crippen molar-refractivity contribution in [1.29, 1.82) is 0 Å². The Hall–Kier alpha value is -0.840. The van der Waals surface area contributed by atoms with E-state index in [1.165, 1.54) is 0 Å². The predicted molar refractivity (Wildman–Crippen MR) is 53.0 cm³/mol. The van der Waals surface area contributed by atoms with Crippen LogP contribution in [0.1, 0.15) is 19.3 Å². The smallest absolute Gasteiger partial charge is 0.222 e. The monoisotopic (exact) mass is 261 g/mol. The number of ether oxygens (including phenoxy) is 1. The Balaban J connectivity index is 2.21. The summed E-state index contributed by atoms with van der Waals surface area (Å²) in [6.07, 6.45) is 3.31. The number of pyridine rings is 1. The molecule has 2 rings (SSSR count). The second-order valence-electron chi connectivity index (χ2n) is 3.30. The first-order valence-corrected chi connectivity index (χ1v) is 5.21. The first kappa shape index (κ1) is 9.71. The molecule has 1 heterocycles. The van der Waals surface area contributed by atoms with Crippen LogP contribution in [0.15, 0.2) is 15.5 Å². The Morgan fingerprint density at radius 3 is 2.79 bits per heavy atom. The summed E-state index contributed by atoms with van der Waals surface area (Å²) < 4.78 is 18.4. The molecule has 3 nitrogen and oxygen atoms in total. The van der Waals surface area contributed by atoms with Gasteiger partial charge in [0.1, 0.15) is 10.7 Å². The van der Waals surface area contributed by atoms with Crippen molar-refractivity contribution in [3.63, 3.8) is 0 Å². The minimum atomic E-state index is -0.814. The van der Waals surface area contributed by atoms with Crippen molar-refractivity contribution in [3.05, 3.63) is 26.7 Å². The van der Waals surface area contributed by atoms with E-state index in [0.717, 1.165) is 25.3 Å². The van der Waals surface area contributed by atoms with E-state index in [1.807, 2.05) is 0 Å². The summed E-state index contributed by atoms with van der Waals surface area (Å²) in [6.45, 7) is 0. The molecule has 0 saturated heterocycles. The summed E-state index contributed by atoms with van der Waals surface area (Å²) in [7, 11) is 0. The lowest BCUT2D eigenvalue weighted by atomic mass is 9.96. The second kappa shape index (κ2) is 3.73. The molecule has 1 N–H and O–H groups in total. The van der Waals surface area contributed by atoms with Crippen LogP contribution in [0.2, 0.25) is 0 Å². The Morgan fingerprint density at radius 1 is 1.57 bits per heavy atom. The fourth-order valence-electron chi connectivity index (χ4n) is 1.22. The van der Waals surface area contributed by atoms with E-state index >= 15 is 0 Å². The van der Waals surface area contributed by atoms with E-state index in [4.69, 9.17) is 4.74 Å².